The Morgan fingerprint density at radius 2 is 1.84 bits per heavy atom. The lowest BCUT2D eigenvalue weighted by Gasteiger charge is -2.32. The van der Waals surface area contributed by atoms with E-state index in [1.807, 2.05) is 24.3 Å². The van der Waals surface area contributed by atoms with Gasteiger partial charge in [0.15, 0.2) is 0 Å². The maximum Gasteiger partial charge on any atom is 0.251 e. The molecule has 1 aliphatic rings. The maximum absolute atomic E-state index is 11.8. The second-order valence-electron chi connectivity index (χ2n) is 6.56. The quantitative estimate of drug-likeness (QED) is 0.660. The Bertz CT molecular complexity index is 551. The fourth-order valence-electron chi connectivity index (χ4n) is 3.00. The van der Waals surface area contributed by atoms with Gasteiger partial charge in [-0.25, -0.2) is 0 Å². The molecule has 1 aliphatic heterocycles. The number of nitrogens with zero attached hydrogens (tertiary/aromatic N) is 1. The van der Waals surface area contributed by atoms with E-state index in [0.29, 0.717) is 18.2 Å². The summed E-state index contributed by atoms with van der Waals surface area (Å²) in [5, 5.41) is 9.14. The summed E-state index contributed by atoms with van der Waals surface area (Å²) in [6.07, 6.45) is 3.08. The zero-order chi connectivity index (χ0) is 18.1. The number of carbonyl (C=O) groups excluding carboxylic acids is 2. The van der Waals surface area contributed by atoms with Crippen LogP contribution in [0.25, 0.3) is 0 Å². The van der Waals surface area contributed by atoms with E-state index in [1.165, 1.54) is 5.56 Å². The SMILES string of the molecule is CCCNC(=O)CN1CCC(NCc2ccc(C(=O)NC)cc2)CC1. The molecule has 2 amide bonds. The van der Waals surface area contributed by atoms with E-state index >= 15 is 0 Å². The Morgan fingerprint density at radius 3 is 2.44 bits per heavy atom. The highest BCUT2D eigenvalue weighted by Gasteiger charge is 2.20. The average molecular weight is 346 g/mol. The summed E-state index contributed by atoms with van der Waals surface area (Å²) in [4.78, 5) is 25.5. The summed E-state index contributed by atoms with van der Waals surface area (Å²) >= 11 is 0. The van der Waals surface area contributed by atoms with Gasteiger partial charge in [-0.1, -0.05) is 19.1 Å². The van der Waals surface area contributed by atoms with Crippen molar-refractivity contribution in [1.29, 1.82) is 0 Å². The van der Waals surface area contributed by atoms with Crippen LogP contribution in [0.5, 0.6) is 0 Å². The molecule has 6 nitrogen and oxygen atoms in total. The Hall–Kier alpha value is -1.92. The van der Waals surface area contributed by atoms with Gasteiger partial charge in [0.1, 0.15) is 0 Å². The van der Waals surface area contributed by atoms with Gasteiger partial charge in [0.25, 0.3) is 5.91 Å². The third-order valence-electron chi connectivity index (χ3n) is 4.57. The summed E-state index contributed by atoms with van der Waals surface area (Å²) in [7, 11) is 1.64. The Kier molecular flexibility index (Phi) is 7.88. The lowest BCUT2D eigenvalue weighted by Crippen LogP contribution is -2.46. The lowest BCUT2D eigenvalue weighted by atomic mass is 10.0. The van der Waals surface area contributed by atoms with Crippen molar-refractivity contribution in [2.24, 2.45) is 0 Å². The minimum Gasteiger partial charge on any atom is -0.355 e. The fourth-order valence-corrected chi connectivity index (χ4v) is 3.00. The van der Waals surface area contributed by atoms with E-state index in [4.69, 9.17) is 0 Å². The monoisotopic (exact) mass is 346 g/mol. The first-order chi connectivity index (χ1) is 12.1. The molecular weight excluding hydrogens is 316 g/mol. The van der Waals surface area contributed by atoms with Crippen molar-refractivity contribution in [2.75, 3.05) is 33.2 Å². The zero-order valence-electron chi connectivity index (χ0n) is 15.3. The highest BCUT2D eigenvalue weighted by Crippen LogP contribution is 2.11. The standard InChI is InChI=1S/C19H30N4O2/c1-3-10-21-18(24)14-23-11-8-17(9-12-23)22-13-15-4-6-16(7-5-15)19(25)20-2/h4-7,17,22H,3,8-14H2,1-2H3,(H,20,25)(H,21,24). The summed E-state index contributed by atoms with van der Waals surface area (Å²) in [6, 6.07) is 8.17. The molecule has 1 aromatic rings. The number of benzene rings is 1. The number of nitrogens with one attached hydrogen (secondary N) is 3. The molecule has 0 unspecified atom stereocenters. The van der Waals surface area contributed by atoms with Gasteiger partial charge in [-0.3, -0.25) is 14.5 Å². The van der Waals surface area contributed by atoms with E-state index in [0.717, 1.165) is 45.4 Å². The van der Waals surface area contributed by atoms with Crippen LogP contribution in [0, 0.1) is 0 Å². The van der Waals surface area contributed by atoms with Gasteiger partial charge in [-0.15, -0.1) is 0 Å². The highest BCUT2D eigenvalue weighted by atomic mass is 16.2. The third kappa shape index (κ3) is 6.48. The van der Waals surface area contributed by atoms with Gasteiger partial charge < -0.3 is 16.0 Å². The number of amides is 2. The van der Waals surface area contributed by atoms with Crippen molar-refractivity contribution >= 4 is 11.8 Å². The molecule has 0 bridgehead atoms. The van der Waals surface area contributed by atoms with E-state index in [2.05, 4.69) is 27.8 Å². The van der Waals surface area contributed by atoms with E-state index in [1.54, 1.807) is 7.05 Å². The van der Waals surface area contributed by atoms with Crippen LogP contribution >= 0.6 is 0 Å². The summed E-state index contributed by atoms with van der Waals surface area (Å²) < 4.78 is 0. The van der Waals surface area contributed by atoms with Gasteiger partial charge >= 0.3 is 0 Å². The summed E-state index contributed by atoms with van der Waals surface area (Å²) in [6.45, 7) is 6.03. The number of rotatable bonds is 8. The number of likely N-dealkylation sites (tertiary alicyclic amines) is 1. The molecule has 2 rings (SSSR count). The molecule has 0 aliphatic carbocycles. The molecule has 6 heteroatoms. The number of carbonyl (C=O) groups is 2. The molecule has 0 spiro atoms. The highest BCUT2D eigenvalue weighted by molar-refractivity contribution is 5.93. The van der Waals surface area contributed by atoms with Crippen LogP contribution in [0.4, 0.5) is 0 Å². The molecule has 1 saturated heterocycles. The van der Waals surface area contributed by atoms with Crippen molar-refractivity contribution in [3.63, 3.8) is 0 Å². The summed E-state index contributed by atoms with van der Waals surface area (Å²) in [5.74, 6) is 0.0688. The van der Waals surface area contributed by atoms with Crippen molar-refractivity contribution < 1.29 is 9.59 Å². The largest absolute Gasteiger partial charge is 0.355 e. The molecule has 0 aromatic heterocycles. The molecule has 1 aromatic carbocycles. The number of hydrogen-bond acceptors (Lipinski definition) is 4. The van der Waals surface area contributed by atoms with Crippen LogP contribution in [-0.4, -0.2) is 56.0 Å². The van der Waals surface area contributed by atoms with Gasteiger partial charge in [0.05, 0.1) is 6.54 Å². The van der Waals surface area contributed by atoms with Crippen molar-refractivity contribution in [3.05, 3.63) is 35.4 Å². The lowest BCUT2D eigenvalue weighted by molar-refractivity contribution is -0.122. The Balaban J connectivity index is 1.68. The molecule has 0 radical (unpaired) electrons. The van der Waals surface area contributed by atoms with Crippen LogP contribution in [0.3, 0.4) is 0 Å². The molecule has 0 atom stereocenters. The smallest absolute Gasteiger partial charge is 0.251 e. The predicted molar refractivity (Wildman–Crippen MR) is 99.4 cm³/mol. The molecule has 138 valence electrons. The number of hydrogen-bond donors (Lipinski definition) is 3. The second-order valence-corrected chi connectivity index (χ2v) is 6.56. The van der Waals surface area contributed by atoms with Gasteiger partial charge in [0, 0.05) is 44.8 Å². The first-order valence-electron chi connectivity index (χ1n) is 9.15. The van der Waals surface area contributed by atoms with Crippen LogP contribution in [-0.2, 0) is 11.3 Å². The number of piperidine rings is 1. The first-order valence-corrected chi connectivity index (χ1v) is 9.15. The van der Waals surface area contributed by atoms with Gasteiger partial charge in [-0.2, -0.15) is 0 Å². The minimum absolute atomic E-state index is 0.0603. The molecule has 3 N–H and O–H groups in total. The van der Waals surface area contributed by atoms with Gasteiger partial charge in [0.2, 0.25) is 5.91 Å². The normalized spacial score (nSPS) is 15.8. The van der Waals surface area contributed by atoms with Crippen molar-refractivity contribution in [3.8, 4) is 0 Å². The second kappa shape index (κ2) is 10.2. The minimum atomic E-state index is -0.0603. The Labute approximate surface area is 150 Å². The van der Waals surface area contributed by atoms with Crippen molar-refractivity contribution in [2.45, 2.75) is 38.8 Å². The van der Waals surface area contributed by atoms with E-state index < -0.39 is 0 Å². The predicted octanol–water partition coefficient (Wildman–Crippen LogP) is 1.13. The van der Waals surface area contributed by atoms with Crippen LogP contribution in [0.15, 0.2) is 24.3 Å². The van der Waals surface area contributed by atoms with Crippen molar-refractivity contribution in [1.82, 2.24) is 20.9 Å². The maximum atomic E-state index is 11.8. The topological polar surface area (TPSA) is 73.5 Å². The van der Waals surface area contributed by atoms with Gasteiger partial charge in [-0.05, 0) is 37.0 Å². The third-order valence-corrected chi connectivity index (χ3v) is 4.57. The molecular formula is C19H30N4O2. The van der Waals surface area contributed by atoms with E-state index in [-0.39, 0.29) is 11.8 Å². The fraction of sp³-hybridized carbons (Fsp3) is 0.579. The molecule has 1 fully saturated rings. The molecule has 0 saturated carbocycles. The zero-order valence-corrected chi connectivity index (χ0v) is 15.3. The first kappa shape index (κ1) is 19.4. The van der Waals surface area contributed by atoms with Crippen LogP contribution in [0.1, 0.15) is 42.1 Å². The van der Waals surface area contributed by atoms with E-state index in [9.17, 15) is 9.59 Å². The molecule has 1 heterocycles. The average Bonchev–Trinajstić information content (AvgIpc) is 2.65. The van der Waals surface area contributed by atoms with Crippen LogP contribution < -0.4 is 16.0 Å². The van der Waals surface area contributed by atoms with Crippen LogP contribution in [0.2, 0.25) is 0 Å². The molecule has 25 heavy (non-hydrogen) atoms. The summed E-state index contributed by atoms with van der Waals surface area (Å²) in [5.41, 5.74) is 1.86. The Morgan fingerprint density at radius 1 is 1.16 bits per heavy atom.